The Morgan fingerprint density at radius 1 is 1.30 bits per heavy atom. The molecule has 2 aliphatic heterocycles. The molecule has 1 spiro atoms. The van der Waals surface area contributed by atoms with Crippen molar-refractivity contribution in [2.75, 3.05) is 31.6 Å². The van der Waals surface area contributed by atoms with Crippen LogP contribution in [0.15, 0.2) is 10.6 Å². The Morgan fingerprint density at radius 2 is 2.07 bits per heavy atom. The highest BCUT2D eigenvalue weighted by Gasteiger charge is 2.50. The molecule has 30 heavy (non-hydrogen) atoms. The van der Waals surface area contributed by atoms with Gasteiger partial charge in [0.2, 0.25) is 5.95 Å². The third-order valence-electron chi connectivity index (χ3n) is 6.68. The Balaban J connectivity index is 1.16. The van der Waals surface area contributed by atoms with Crippen LogP contribution in [0.5, 0.6) is 0 Å². The molecule has 162 valence electrons. The van der Waals surface area contributed by atoms with Gasteiger partial charge in [0, 0.05) is 51.6 Å². The molecule has 1 atom stereocenters. The fraction of sp³-hybridized carbons (Fsp3) is 0.714. The molecular formula is C21H30N6O3. The number of carbonyl (C=O) groups excluding carboxylic acids is 1. The maximum Gasteiger partial charge on any atom is 0.312 e. The molecule has 2 saturated heterocycles. The average molecular weight is 415 g/mol. The van der Waals surface area contributed by atoms with Gasteiger partial charge in [-0.1, -0.05) is 5.16 Å². The van der Waals surface area contributed by atoms with Crippen LogP contribution >= 0.6 is 0 Å². The van der Waals surface area contributed by atoms with Crippen molar-refractivity contribution in [2.45, 2.75) is 57.6 Å². The van der Waals surface area contributed by atoms with Crippen LogP contribution in [0.25, 0.3) is 0 Å². The first kappa shape index (κ1) is 19.5. The van der Waals surface area contributed by atoms with Crippen molar-refractivity contribution in [2.24, 2.45) is 12.5 Å². The third kappa shape index (κ3) is 3.71. The van der Waals surface area contributed by atoms with Crippen molar-refractivity contribution < 1.29 is 14.1 Å². The number of hydrogen-bond donors (Lipinski definition) is 0. The average Bonchev–Trinajstić information content (AvgIpc) is 3.26. The van der Waals surface area contributed by atoms with E-state index in [1.54, 1.807) is 0 Å². The molecule has 3 fully saturated rings. The summed E-state index contributed by atoms with van der Waals surface area (Å²) in [5.41, 5.74) is 0.591. The number of ether oxygens (including phenoxy) is 1. The van der Waals surface area contributed by atoms with E-state index in [1.807, 2.05) is 25.7 Å². The van der Waals surface area contributed by atoms with E-state index < -0.39 is 0 Å². The molecule has 9 heteroatoms. The number of piperidine rings is 1. The van der Waals surface area contributed by atoms with Crippen LogP contribution < -0.4 is 4.90 Å². The van der Waals surface area contributed by atoms with Crippen molar-refractivity contribution >= 4 is 11.9 Å². The van der Waals surface area contributed by atoms with Crippen molar-refractivity contribution in [3.05, 3.63) is 23.3 Å². The molecule has 0 amide bonds. The summed E-state index contributed by atoms with van der Waals surface area (Å²) in [6.07, 6.45) is 4.73. The van der Waals surface area contributed by atoms with Gasteiger partial charge in [0.15, 0.2) is 0 Å². The molecule has 4 heterocycles. The summed E-state index contributed by atoms with van der Waals surface area (Å²) in [6, 6.07) is 2.07. The molecule has 1 aliphatic carbocycles. The minimum atomic E-state index is -0.358. The first-order valence-electron chi connectivity index (χ1n) is 10.9. The van der Waals surface area contributed by atoms with E-state index in [2.05, 4.69) is 31.1 Å². The number of anilines is 1. The van der Waals surface area contributed by atoms with Gasteiger partial charge < -0.3 is 14.2 Å². The zero-order chi connectivity index (χ0) is 20.9. The first-order chi connectivity index (χ1) is 14.4. The monoisotopic (exact) mass is 414 g/mol. The van der Waals surface area contributed by atoms with Gasteiger partial charge in [-0.2, -0.15) is 10.1 Å². The number of likely N-dealkylation sites (N-methyl/N-ethyl adjacent to an activating group) is 1. The maximum absolute atomic E-state index is 12.8. The Hall–Kier alpha value is -2.42. The zero-order valence-electron chi connectivity index (χ0n) is 18.0. The topological polar surface area (TPSA) is 89.5 Å². The lowest BCUT2D eigenvalue weighted by molar-refractivity contribution is -0.150. The molecule has 0 N–H and O–H groups in total. The minimum absolute atomic E-state index is 0.0350. The molecule has 3 aliphatic rings. The minimum Gasteiger partial charge on any atom is -0.461 e. The molecule has 1 unspecified atom stereocenters. The summed E-state index contributed by atoms with van der Waals surface area (Å²) < 4.78 is 13.1. The van der Waals surface area contributed by atoms with Gasteiger partial charge in [-0.15, -0.1) is 0 Å². The molecule has 9 nitrogen and oxygen atoms in total. The number of esters is 1. The maximum atomic E-state index is 12.8. The summed E-state index contributed by atoms with van der Waals surface area (Å²) in [7, 11) is 3.96. The summed E-state index contributed by atoms with van der Waals surface area (Å²) >= 11 is 0. The number of aromatic nitrogens is 4. The molecule has 2 aromatic rings. The molecule has 1 saturated carbocycles. The van der Waals surface area contributed by atoms with E-state index in [0.29, 0.717) is 19.0 Å². The predicted octanol–water partition coefficient (Wildman–Crippen LogP) is 2.02. The molecule has 0 aromatic carbocycles. The van der Waals surface area contributed by atoms with Gasteiger partial charge in [-0.25, -0.2) is 4.68 Å². The van der Waals surface area contributed by atoms with Gasteiger partial charge in [-0.05, 0) is 39.7 Å². The highest BCUT2D eigenvalue weighted by molar-refractivity contribution is 5.79. The van der Waals surface area contributed by atoms with Crippen LogP contribution in [-0.4, -0.2) is 63.6 Å². The second-order valence-corrected chi connectivity index (χ2v) is 9.27. The van der Waals surface area contributed by atoms with Crippen molar-refractivity contribution in [1.29, 1.82) is 0 Å². The van der Waals surface area contributed by atoms with Crippen LogP contribution in [0, 0.1) is 12.3 Å². The number of hydrogen-bond acceptors (Lipinski definition) is 8. The molecule has 0 bridgehead atoms. The number of carbonyl (C=O) groups is 1. The van der Waals surface area contributed by atoms with E-state index >= 15 is 0 Å². The number of cyclic esters (lactones) is 1. The number of nitrogens with zero attached hydrogens (tertiary/aromatic N) is 6. The Morgan fingerprint density at radius 3 is 2.73 bits per heavy atom. The summed E-state index contributed by atoms with van der Waals surface area (Å²) in [4.78, 5) is 21.7. The van der Waals surface area contributed by atoms with Crippen molar-refractivity contribution in [1.82, 2.24) is 24.8 Å². The van der Waals surface area contributed by atoms with E-state index in [-0.39, 0.29) is 17.5 Å². The smallest absolute Gasteiger partial charge is 0.312 e. The standard InChI is InChI=1S/C21H30N6O3/c1-14-22-20(26(3)23-14)27-8-6-21(7-9-27)11-17(29-19(21)28)13-25(2)12-16-10-18(30-24-16)15-4-5-15/h10,15,17H,4-9,11-13H2,1-3H3. The zero-order valence-corrected chi connectivity index (χ0v) is 18.0. The van der Waals surface area contributed by atoms with Gasteiger partial charge >= 0.3 is 5.97 Å². The molecule has 5 rings (SSSR count). The van der Waals surface area contributed by atoms with Gasteiger partial charge in [0.05, 0.1) is 11.1 Å². The van der Waals surface area contributed by atoms with Crippen molar-refractivity contribution in [3.8, 4) is 0 Å². The van der Waals surface area contributed by atoms with Crippen molar-refractivity contribution in [3.63, 3.8) is 0 Å². The van der Waals surface area contributed by atoms with Crippen LogP contribution in [-0.2, 0) is 23.1 Å². The lowest BCUT2D eigenvalue weighted by atomic mass is 9.76. The largest absolute Gasteiger partial charge is 0.461 e. The Labute approximate surface area is 176 Å². The second-order valence-electron chi connectivity index (χ2n) is 9.27. The highest BCUT2D eigenvalue weighted by Crippen LogP contribution is 2.44. The van der Waals surface area contributed by atoms with E-state index in [0.717, 1.165) is 55.6 Å². The van der Waals surface area contributed by atoms with Gasteiger partial charge in [0.25, 0.3) is 0 Å². The summed E-state index contributed by atoms with van der Waals surface area (Å²) in [6.45, 7) is 4.91. The molecular weight excluding hydrogens is 384 g/mol. The SMILES string of the molecule is Cc1nc(N2CCC3(CC2)CC(CN(C)Cc2cc(C4CC4)on2)OC3=O)n(C)n1. The second kappa shape index (κ2) is 7.37. The normalized spacial score (nSPS) is 23.5. The lowest BCUT2D eigenvalue weighted by Crippen LogP contribution is -2.43. The quantitative estimate of drug-likeness (QED) is 0.664. The fourth-order valence-corrected chi connectivity index (χ4v) is 4.91. The van der Waals surface area contributed by atoms with E-state index in [4.69, 9.17) is 9.26 Å². The highest BCUT2D eigenvalue weighted by atomic mass is 16.6. The Bertz CT molecular complexity index is 925. The van der Waals surface area contributed by atoms with Crippen LogP contribution in [0.2, 0.25) is 0 Å². The molecule has 0 radical (unpaired) electrons. The summed E-state index contributed by atoms with van der Waals surface area (Å²) in [5.74, 6) is 3.20. The van der Waals surface area contributed by atoms with Gasteiger partial charge in [0.1, 0.15) is 17.7 Å². The lowest BCUT2D eigenvalue weighted by Gasteiger charge is -2.36. The number of rotatable bonds is 6. The van der Waals surface area contributed by atoms with E-state index in [9.17, 15) is 4.79 Å². The van der Waals surface area contributed by atoms with E-state index in [1.165, 1.54) is 12.8 Å². The van der Waals surface area contributed by atoms with Crippen LogP contribution in [0.1, 0.15) is 55.3 Å². The number of aryl methyl sites for hydroxylation is 2. The predicted molar refractivity (Wildman–Crippen MR) is 109 cm³/mol. The third-order valence-corrected chi connectivity index (χ3v) is 6.68. The van der Waals surface area contributed by atoms with Gasteiger partial charge in [-0.3, -0.25) is 9.69 Å². The Kier molecular flexibility index (Phi) is 4.80. The summed E-state index contributed by atoms with van der Waals surface area (Å²) in [5, 5.41) is 8.53. The van der Waals surface area contributed by atoms with Crippen LogP contribution in [0.4, 0.5) is 5.95 Å². The fourth-order valence-electron chi connectivity index (χ4n) is 4.91. The molecule has 2 aromatic heterocycles. The first-order valence-corrected chi connectivity index (χ1v) is 10.9. The van der Waals surface area contributed by atoms with Crippen LogP contribution in [0.3, 0.4) is 0 Å².